The van der Waals surface area contributed by atoms with Crippen LogP contribution in [0.1, 0.15) is 22.3 Å². The molecule has 0 aliphatic carbocycles. The smallest absolute Gasteiger partial charge is 0.166 e. The summed E-state index contributed by atoms with van der Waals surface area (Å²) in [5.41, 5.74) is 2.40. The van der Waals surface area contributed by atoms with Crippen LogP contribution in [0.2, 0.25) is 0 Å². The summed E-state index contributed by atoms with van der Waals surface area (Å²) in [6.07, 6.45) is 0.359. The second-order valence-electron chi connectivity index (χ2n) is 5.22. The van der Waals surface area contributed by atoms with Crippen molar-refractivity contribution in [2.45, 2.75) is 18.2 Å². The molecule has 0 fully saturated rings. The van der Waals surface area contributed by atoms with Crippen molar-refractivity contribution >= 4 is 22.5 Å². The third-order valence-electron chi connectivity index (χ3n) is 3.74. The number of Topliss-reactive ketones (excluding diaryl/α,β-unsaturated/α-hetero) is 1. The fourth-order valence-electron chi connectivity index (χ4n) is 2.50. The van der Waals surface area contributed by atoms with Gasteiger partial charge in [-0.3, -0.25) is 9.10 Å². The van der Waals surface area contributed by atoms with Crippen molar-refractivity contribution < 1.29 is 13.7 Å². The summed E-state index contributed by atoms with van der Waals surface area (Å²) in [7, 11) is 0.244. The molecule has 3 rings (SSSR count). The molecule has 0 saturated heterocycles. The highest BCUT2D eigenvalue weighted by Crippen LogP contribution is 2.32. The molecular weight excluding hydrogens is 298 g/mol. The minimum absolute atomic E-state index is 0.0612. The molecule has 0 aromatic heterocycles. The number of ketones is 1. The van der Waals surface area contributed by atoms with E-state index in [1.54, 1.807) is 29.6 Å². The number of ether oxygens (including phenoxy) is 1. The van der Waals surface area contributed by atoms with Gasteiger partial charge in [-0.05, 0) is 37.3 Å². The zero-order valence-electron chi connectivity index (χ0n) is 12.5. The number of hydrogen-bond donors (Lipinski definition) is 0. The molecule has 2 aromatic rings. The number of carbonyl (C=O) groups is 1. The Morgan fingerprint density at radius 1 is 1.14 bits per heavy atom. The molecule has 22 heavy (non-hydrogen) atoms. The Bertz CT molecular complexity index is 740. The highest BCUT2D eigenvalue weighted by Gasteiger charge is 2.27. The number of rotatable bonds is 3. The van der Waals surface area contributed by atoms with Gasteiger partial charge in [-0.1, -0.05) is 17.7 Å². The summed E-state index contributed by atoms with van der Waals surface area (Å²) < 4.78 is 19.8. The van der Waals surface area contributed by atoms with Crippen LogP contribution in [0.3, 0.4) is 0 Å². The number of benzene rings is 2. The molecule has 0 spiro atoms. The highest BCUT2D eigenvalue weighted by molar-refractivity contribution is 7.86. The van der Waals surface area contributed by atoms with Crippen LogP contribution in [0.25, 0.3) is 0 Å². The maximum Gasteiger partial charge on any atom is 0.166 e. The quantitative estimate of drug-likeness (QED) is 0.874. The monoisotopic (exact) mass is 315 g/mol. The van der Waals surface area contributed by atoms with E-state index >= 15 is 0 Å². The van der Waals surface area contributed by atoms with Gasteiger partial charge in [-0.25, -0.2) is 4.21 Å². The molecule has 0 radical (unpaired) electrons. The van der Waals surface area contributed by atoms with E-state index in [1.807, 2.05) is 31.2 Å². The lowest BCUT2D eigenvalue weighted by Crippen LogP contribution is -2.33. The number of nitrogens with zero attached hydrogens (tertiary/aromatic N) is 1. The van der Waals surface area contributed by atoms with Gasteiger partial charge in [-0.2, -0.15) is 0 Å². The van der Waals surface area contributed by atoms with E-state index in [2.05, 4.69) is 0 Å². The largest absolute Gasteiger partial charge is 0.497 e. The zero-order chi connectivity index (χ0) is 15.7. The van der Waals surface area contributed by atoms with E-state index in [9.17, 15) is 9.00 Å². The van der Waals surface area contributed by atoms with Crippen molar-refractivity contribution in [3.63, 3.8) is 0 Å². The second-order valence-corrected chi connectivity index (χ2v) is 6.63. The van der Waals surface area contributed by atoms with E-state index in [0.29, 0.717) is 30.0 Å². The third-order valence-corrected chi connectivity index (χ3v) is 5.19. The Kier molecular flexibility index (Phi) is 3.98. The minimum Gasteiger partial charge on any atom is -0.497 e. The number of aryl methyl sites for hydroxylation is 1. The molecule has 5 heteroatoms. The van der Waals surface area contributed by atoms with E-state index in [4.69, 9.17) is 4.74 Å². The number of hydrogen-bond acceptors (Lipinski definition) is 3. The van der Waals surface area contributed by atoms with Gasteiger partial charge < -0.3 is 4.74 Å². The lowest BCUT2D eigenvalue weighted by atomic mass is 10.0. The van der Waals surface area contributed by atoms with Crippen molar-refractivity contribution in [3.8, 4) is 5.75 Å². The first-order valence-electron chi connectivity index (χ1n) is 7.07. The summed E-state index contributed by atoms with van der Waals surface area (Å²) in [5.74, 6) is 0.695. The lowest BCUT2D eigenvalue weighted by molar-refractivity contribution is 0.0982. The Morgan fingerprint density at radius 3 is 2.55 bits per heavy atom. The van der Waals surface area contributed by atoms with Crippen LogP contribution in [0, 0.1) is 6.92 Å². The first-order chi connectivity index (χ1) is 10.6. The normalized spacial score (nSPS) is 15.4. The van der Waals surface area contributed by atoms with Crippen molar-refractivity contribution in [1.29, 1.82) is 0 Å². The van der Waals surface area contributed by atoms with Gasteiger partial charge in [0.1, 0.15) is 5.75 Å². The third kappa shape index (κ3) is 2.64. The van der Waals surface area contributed by atoms with E-state index in [1.165, 1.54) is 0 Å². The van der Waals surface area contributed by atoms with Gasteiger partial charge in [0.2, 0.25) is 0 Å². The van der Waals surface area contributed by atoms with Gasteiger partial charge in [0.15, 0.2) is 16.8 Å². The molecule has 0 saturated carbocycles. The Balaban J connectivity index is 1.99. The van der Waals surface area contributed by atoms with Crippen LogP contribution < -0.4 is 9.04 Å². The molecule has 1 aliphatic heterocycles. The summed E-state index contributed by atoms with van der Waals surface area (Å²) in [6.45, 7) is 2.45. The summed E-state index contributed by atoms with van der Waals surface area (Å²) >= 11 is 0. The predicted octanol–water partition coefficient (Wildman–Crippen LogP) is 3.12. The first-order valence-corrected chi connectivity index (χ1v) is 8.18. The minimum atomic E-state index is -1.32. The van der Waals surface area contributed by atoms with Crippen LogP contribution in [-0.2, 0) is 11.0 Å². The SMILES string of the molecule is COc1ccc2c(c1)C(=O)CCN2S(=O)c1ccc(C)cc1. The van der Waals surface area contributed by atoms with Gasteiger partial charge in [0.05, 0.1) is 17.7 Å². The van der Waals surface area contributed by atoms with Crippen LogP contribution in [0.4, 0.5) is 5.69 Å². The van der Waals surface area contributed by atoms with Crippen molar-refractivity contribution in [2.24, 2.45) is 0 Å². The molecule has 1 aliphatic rings. The fraction of sp³-hybridized carbons (Fsp3) is 0.235. The van der Waals surface area contributed by atoms with Gasteiger partial charge in [0, 0.05) is 18.5 Å². The van der Waals surface area contributed by atoms with Gasteiger partial charge in [0.25, 0.3) is 0 Å². The summed E-state index contributed by atoms with van der Waals surface area (Å²) in [6, 6.07) is 12.9. The van der Waals surface area contributed by atoms with Crippen molar-refractivity contribution in [3.05, 3.63) is 53.6 Å². The number of methoxy groups -OCH3 is 1. The predicted molar refractivity (Wildman–Crippen MR) is 86.9 cm³/mol. The zero-order valence-corrected chi connectivity index (χ0v) is 13.4. The van der Waals surface area contributed by atoms with Gasteiger partial charge >= 0.3 is 0 Å². The lowest BCUT2D eigenvalue weighted by Gasteiger charge is -2.29. The van der Waals surface area contributed by atoms with Gasteiger partial charge in [-0.15, -0.1) is 0 Å². The standard InChI is InChI=1S/C17H17NO3S/c1-12-3-6-14(7-4-12)22(20)18-10-9-17(19)15-11-13(21-2)5-8-16(15)18/h3-8,11H,9-10H2,1-2H3. The van der Waals surface area contributed by atoms with Crippen LogP contribution >= 0.6 is 0 Å². The molecule has 114 valence electrons. The van der Waals surface area contributed by atoms with Crippen molar-refractivity contribution in [1.82, 2.24) is 0 Å². The molecule has 1 atom stereocenters. The maximum atomic E-state index is 12.8. The average molecular weight is 315 g/mol. The van der Waals surface area contributed by atoms with Crippen LogP contribution in [0.15, 0.2) is 47.4 Å². The fourth-order valence-corrected chi connectivity index (χ4v) is 3.71. The molecular formula is C17H17NO3S. The summed E-state index contributed by atoms with van der Waals surface area (Å²) in [4.78, 5) is 12.9. The molecule has 1 heterocycles. The molecule has 0 N–H and O–H groups in total. The summed E-state index contributed by atoms with van der Waals surface area (Å²) in [5, 5.41) is 0. The molecule has 4 nitrogen and oxygen atoms in total. The number of carbonyl (C=O) groups excluding carboxylic acids is 1. The topological polar surface area (TPSA) is 46.6 Å². The van der Waals surface area contributed by atoms with Crippen LogP contribution in [-0.4, -0.2) is 23.6 Å². The van der Waals surface area contributed by atoms with E-state index < -0.39 is 11.0 Å². The van der Waals surface area contributed by atoms with Crippen molar-refractivity contribution in [2.75, 3.05) is 18.0 Å². The maximum absolute atomic E-state index is 12.8. The second kappa shape index (κ2) is 5.93. The van der Waals surface area contributed by atoms with Crippen LogP contribution in [0.5, 0.6) is 5.75 Å². The molecule has 1 unspecified atom stereocenters. The Labute approximate surface area is 132 Å². The highest BCUT2D eigenvalue weighted by atomic mass is 32.2. The number of anilines is 1. The Morgan fingerprint density at radius 2 is 1.86 bits per heavy atom. The number of fused-ring (bicyclic) bond motifs is 1. The molecule has 2 aromatic carbocycles. The Hall–Kier alpha value is -2.14. The van der Waals surface area contributed by atoms with E-state index in [0.717, 1.165) is 10.5 Å². The average Bonchev–Trinajstić information content (AvgIpc) is 2.55. The first kappa shape index (κ1) is 14.8. The molecule has 0 amide bonds. The van der Waals surface area contributed by atoms with E-state index in [-0.39, 0.29) is 5.78 Å². The molecule has 0 bridgehead atoms.